The molecule has 0 saturated heterocycles. The van der Waals surface area contributed by atoms with Crippen LogP contribution in [0.15, 0.2) is 53.0 Å². The van der Waals surface area contributed by atoms with Gasteiger partial charge in [-0.1, -0.05) is 73.8 Å². The van der Waals surface area contributed by atoms with Gasteiger partial charge in [-0.15, -0.1) is 0 Å². The van der Waals surface area contributed by atoms with Crippen LogP contribution in [0.25, 0.3) is 0 Å². The second-order valence-corrected chi connectivity index (χ2v) is 6.04. The van der Waals surface area contributed by atoms with Gasteiger partial charge in [0.2, 0.25) is 0 Å². The van der Waals surface area contributed by atoms with Gasteiger partial charge in [-0.3, -0.25) is 0 Å². The Bertz CT molecular complexity index is 528. The molecule has 2 rings (SSSR count). The Morgan fingerprint density at radius 2 is 1.74 bits per heavy atom. The molecule has 2 aromatic rings. The van der Waals surface area contributed by atoms with Crippen LogP contribution in [-0.4, -0.2) is 5.33 Å². The average Bonchev–Trinajstić information content (AvgIpc) is 2.43. The molecule has 1 atom stereocenters. The maximum Gasteiger partial charge on any atom is 0.0937 e. The van der Waals surface area contributed by atoms with Crippen molar-refractivity contribution in [3.8, 4) is 0 Å². The van der Waals surface area contributed by atoms with Gasteiger partial charge in [0.1, 0.15) is 0 Å². The molecule has 4 heteroatoms. The van der Waals surface area contributed by atoms with Crippen LogP contribution in [0.5, 0.6) is 0 Å². The molecule has 0 amide bonds. The maximum atomic E-state index is 5.96. The minimum absolute atomic E-state index is 0.0197. The van der Waals surface area contributed by atoms with E-state index < -0.39 is 0 Å². The van der Waals surface area contributed by atoms with E-state index in [0.717, 1.165) is 26.0 Å². The van der Waals surface area contributed by atoms with Crippen LogP contribution in [-0.2, 0) is 11.3 Å². The topological polar surface area (TPSA) is 9.23 Å². The molecule has 0 fully saturated rings. The summed E-state index contributed by atoms with van der Waals surface area (Å²) in [5, 5.41) is 1.50. The number of alkyl halides is 1. The van der Waals surface area contributed by atoms with Gasteiger partial charge in [0.15, 0.2) is 0 Å². The van der Waals surface area contributed by atoms with E-state index in [1.54, 1.807) is 0 Å². The molecule has 0 radical (unpaired) electrons. The molecule has 19 heavy (non-hydrogen) atoms. The van der Waals surface area contributed by atoms with Crippen LogP contribution >= 0.6 is 43.5 Å². The average molecular weight is 405 g/mol. The molecule has 0 aliphatic carbocycles. The van der Waals surface area contributed by atoms with E-state index in [4.69, 9.17) is 16.3 Å². The summed E-state index contributed by atoms with van der Waals surface area (Å²) in [6.07, 6.45) is 0.0197. The SMILES string of the molecule is Clc1ccc(COC(CBr)c2ccccc2Br)cc1. The van der Waals surface area contributed by atoms with E-state index in [9.17, 15) is 0 Å². The summed E-state index contributed by atoms with van der Waals surface area (Å²) >= 11 is 12.9. The maximum absolute atomic E-state index is 5.96. The zero-order valence-electron chi connectivity index (χ0n) is 10.2. The summed E-state index contributed by atoms with van der Waals surface area (Å²) in [5.74, 6) is 0. The predicted octanol–water partition coefficient (Wildman–Crippen LogP) is 5.76. The summed E-state index contributed by atoms with van der Waals surface area (Å²) in [5.41, 5.74) is 2.26. The van der Waals surface area contributed by atoms with Crippen molar-refractivity contribution in [2.24, 2.45) is 0 Å². The smallest absolute Gasteiger partial charge is 0.0937 e. The minimum atomic E-state index is 0.0197. The van der Waals surface area contributed by atoms with Crippen LogP contribution in [0.2, 0.25) is 5.02 Å². The molecule has 1 nitrogen and oxygen atoms in total. The second kappa shape index (κ2) is 7.44. The standard InChI is InChI=1S/C15H13Br2ClO/c16-9-15(13-3-1-2-4-14(13)17)19-10-11-5-7-12(18)8-6-11/h1-8,15H,9-10H2. The van der Waals surface area contributed by atoms with Crippen molar-refractivity contribution in [1.29, 1.82) is 0 Å². The number of hydrogen-bond donors (Lipinski definition) is 0. The number of benzene rings is 2. The lowest BCUT2D eigenvalue weighted by Crippen LogP contribution is -2.06. The largest absolute Gasteiger partial charge is 0.368 e. The van der Waals surface area contributed by atoms with E-state index in [1.807, 2.05) is 42.5 Å². The Balaban J connectivity index is 2.04. The zero-order valence-corrected chi connectivity index (χ0v) is 14.1. The molecule has 0 spiro atoms. The lowest BCUT2D eigenvalue weighted by atomic mass is 10.1. The molecular weight excluding hydrogens is 391 g/mol. The van der Waals surface area contributed by atoms with Crippen molar-refractivity contribution in [2.75, 3.05) is 5.33 Å². The van der Waals surface area contributed by atoms with Crippen LogP contribution < -0.4 is 0 Å². The van der Waals surface area contributed by atoms with Crippen molar-refractivity contribution >= 4 is 43.5 Å². The lowest BCUT2D eigenvalue weighted by molar-refractivity contribution is 0.0561. The van der Waals surface area contributed by atoms with E-state index in [2.05, 4.69) is 37.9 Å². The Kier molecular flexibility index (Phi) is 5.89. The van der Waals surface area contributed by atoms with Gasteiger partial charge in [-0.05, 0) is 29.3 Å². The van der Waals surface area contributed by atoms with Crippen molar-refractivity contribution in [1.82, 2.24) is 0 Å². The highest BCUT2D eigenvalue weighted by atomic mass is 79.9. The Morgan fingerprint density at radius 1 is 1.05 bits per heavy atom. The van der Waals surface area contributed by atoms with E-state index in [0.29, 0.717) is 6.61 Å². The predicted molar refractivity (Wildman–Crippen MR) is 86.9 cm³/mol. The third-order valence-electron chi connectivity index (χ3n) is 2.76. The van der Waals surface area contributed by atoms with Gasteiger partial charge >= 0.3 is 0 Å². The highest BCUT2D eigenvalue weighted by Gasteiger charge is 2.13. The summed E-state index contributed by atoms with van der Waals surface area (Å²) in [6.45, 7) is 0.564. The molecule has 1 unspecified atom stereocenters. The molecule has 0 heterocycles. The second-order valence-electron chi connectivity index (χ2n) is 4.10. The first-order chi connectivity index (χ1) is 9.20. The molecule has 0 saturated carbocycles. The number of rotatable bonds is 5. The van der Waals surface area contributed by atoms with Crippen molar-refractivity contribution in [3.63, 3.8) is 0 Å². The molecule has 100 valence electrons. The van der Waals surface area contributed by atoms with Crippen molar-refractivity contribution in [2.45, 2.75) is 12.7 Å². The highest BCUT2D eigenvalue weighted by molar-refractivity contribution is 9.10. The molecule has 0 N–H and O–H groups in total. The summed E-state index contributed by atoms with van der Waals surface area (Å²) < 4.78 is 7.03. The fourth-order valence-electron chi connectivity index (χ4n) is 1.73. The third-order valence-corrected chi connectivity index (χ3v) is 4.32. The van der Waals surface area contributed by atoms with Gasteiger partial charge in [0.25, 0.3) is 0 Å². The molecule has 2 aromatic carbocycles. The molecule has 0 bridgehead atoms. The van der Waals surface area contributed by atoms with Crippen LogP contribution in [0.1, 0.15) is 17.2 Å². The Morgan fingerprint density at radius 3 is 2.37 bits per heavy atom. The molecule has 0 aliphatic rings. The van der Waals surface area contributed by atoms with Crippen molar-refractivity contribution < 1.29 is 4.74 Å². The van der Waals surface area contributed by atoms with E-state index in [1.165, 1.54) is 0 Å². The zero-order chi connectivity index (χ0) is 13.7. The first kappa shape index (κ1) is 15.0. The number of halogens is 3. The number of hydrogen-bond acceptors (Lipinski definition) is 1. The summed E-state index contributed by atoms with van der Waals surface area (Å²) in [6, 6.07) is 15.8. The monoisotopic (exact) mass is 402 g/mol. The summed E-state index contributed by atoms with van der Waals surface area (Å²) in [4.78, 5) is 0. The lowest BCUT2D eigenvalue weighted by Gasteiger charge is -2.17. The Hall–Kier alpha value is -0.350. The molecule has 0 aliphatic heterocycles. The fourth-order valence-corrected chi connectivity index (χ4v) is 2.93. The molecular formula is C15H13Br2ClO. The minimum Gasteiger partial charge on any atom is -0.368 e. The number of ether oxygens (including phenoxy) is 1. The van der Waals surface area contributed by atoms with Crippen LogP contribution in [0.4, 0.5) is 0 Å². The van der Waals surface area contributed by atoms with Gasteiger partial charge in [0.05, 0.1) is 12.7 Å². The van der Waals surface area contributed by atoms with Gasteiger partial charge in [-0.25, -0.2) is 0 Å². The fraction of sp³-hybridized carbons (Fsp3) is 0.200. The van der Waals surface area contributed by atoms with E-state index >= 15 is 0 Å². The normalized spacial score (nSPS) is 12.4. The van der Waals surface area contributed by atoms with E-state index in [-0.39, 0.29) is 6.10 Å². The van der Waals surface area contributed by atoms with Crippen LogP contribution in [0.3, 0.4) is 0 Å². The van der Waals surface area contributed by atoms with Gasteiger partial charge in [-0.2, -0.15) is 0 Å². The highest BCUT2D eigenvalue weighted by Crippen LogP contribution is 2.28. The third kappa shape index (κ3) is 4.32. The Labute approximate surface area is 135 Å². The molecule has 0 aromatic heterocycles. The quantitative estimate of drug-likeness (QED) is 0.576. The first-order valence-electron chi connectivity index (χ1n) is 5.87. The van der Waals surface area contributed by atoms with Crippen LogP contribution in [0, 0.1) is 0 Å². The van der Waals surface area contributed by atoms with Gasteiger partial charge in [0, 0.05) is 14.8 Å². The first-order valence-corrected chi connectivity index (χ1v) is 8.16. The summed E-state index contributed by atoms with van der Waals surface area (Å²) in [7, 11) is 0. The van der Waals surface area contributed by atoms with Gasteiger partial charge < -0.3 is 4.74 Å². The van der Waals surface area contributed by atoms with Crippen molar-refractivity contribution in [3.05, 3.63) is 69.2 Å².